The Labute approximate surface area is 69.2 Å². The molecule has 0 aliphatic rings. The van der Waals surface area contributed by atoms with Crippen LogP contribution < -0.4 is 10.3 Å². The van der Waals surface area contributed by atoms with Gasteiger partial charge in [-0.1, -0.05) is 0 Å². The molecule has 0 spiro atoms. The second kappa shape index (κ2) is 3.87. The molecule has 0 radical (unpaired) electrons. The molecule has 0 unspecified atom stereocenters. The van der Waals surface area contributed by atoms with E-state index >= 15 is 0 Å². The lowest BCUT2D eigenvalue weighted by atomic mass is 10.5. The van der Waals surface area contributed by atoms with E-state index in [-0.39, 0.29) is 18.7 Å². The lowest BCUT2D eigenvalue weighted by Crippen LogP contribution is -2.23. The monoisotopic (exact) mass is 170 g/mol. The second-order valence-corrected chi connectivity index (χ2v) is 2.16. The number of ether oxygens (including phenoxy) is 1. The van der Waals surface area contributed by atoms with Gasteiger partial charge in [-0.05, 0) is 0 Å². The van der Waals surface area contributed by atoms with Crippen molar-refractivity contribution in [3.8, 4) is 5.88 Å². The minimum atomic E-state index is -0.246. The van der Waals surface area contributed by atoms with E-state index < -0.39 is 0 Å². The van der Waals surface area contributed by atoms with E-state index in [1.54, 1.807) is 0 Å². The average Bonchev–Trinajstić information content (AvgIpc) is 2.09. The standard InChI is InChI=1S/C7H10N2O3/c1-12-6-2-3-7(11)9(8-6)4-5-10/h2-3,10H,4-5H2,1H3. The third-order valence-electron chi connectivity index (χ3n) is 1.36. The molecule has 0 aliphatic heterocycles. The number of aliphatic hydroxyl groups excluding tert-OH is 1. The van der Waals surface area contributed by atoms with Gasteiger partial charge in [0, 0.05) is 12.1 Å². The van der Waals surface area contributed by atoms with E-state index in [1.165, 1.54) is 19.2 Å². The van der Waals surface area contributed by atoms with E-state index in [4.69, 9.17) is 9.84 Å². The summed E-state index contributed by atoms with van der Waals surface area (Å²) in [5.41, 5.74) is -0.246. The van der Waals surface area contributed by atoms with Crippen molar-refractivity contribution in [3.63, 3.8) is 0 Å². The Bertz CT molecular complexity index is 308. The number of hydrogen-bond donors (Lipinski definition) is 1. The van der Waals surface area contributed by atoms with Gasteiger partial charge in [-0.2, -0.15) is 0 Å². The maximum atomic E-state index is 11.0. The van der Waals surface area contributed by atoms with E-state index in [0.29, 0.717) is 5.88 Å². The van der Waals surface area contributed by atoms with Crippen LogP contribution in [0.2, 0.25) is 0 Å². The Morgan fingerprint density at radius 3 is 3.00 bits per heavy atom. The van der Waals surface area contributed by atoms with Gasteiger partial charge in [-0.3, -0.25) is 4.79 Å². The van der Waals surface area contributed by atoms with Crippen LogP contribution in [0, 0.1) is 0 Å². The summed E-state index contributed by atoms with van der Waals surface area (Å²) >= 11 is 0. The first-order valence-corrected chi connectivity index (χ1v) is 3.51. The molecule has 1 heterocycles. The van der Waals surface area contributed by atoms with Gasteiger partial charge in [-0.15, -0.1) is 5.10 Å². The van der Waals surface area contributed by atoms with Crippen molar-refractivity contribution in [2.75, 3.05) is 13.7 Å². The quantitative estimate of drug-likeness (QED) is 0.648. The van der Waals surface area contributed by atoms with Crippen LogP contribution in [-0.2, 0) is 6.54 Å². The molecular weight excluding hydrogens is 160 g/mol. The van der Waals surface area contributed by atoms with Gasteiger partial charge in [0.25, 0.3) is 5.56 Å². The molecule has 1 rings (SSSR count). The first-order valence-electron chi connectivity index (χ1n) is 3.51. The van der Waals surface area contributed by atoms with Crippen LogP contribution in [0.1, 0.15) is 0 Å². The number of nitrogens with zero attached hydrogens (tertiary/aromatic N) is 2. The summed E-state index contributed by atoms with van der Waals surface area (Å²) < 4.78 is 5.96. The Balaban J connectivity index is 3.00. The van der Waals surface area contributed by atoms with E-state index in [9.17, 15) is 4.79 Å². The number of aliphatic hydroxyl groups is 1. The summed E-state index contributed by atoms with van der Waals surface area (Å²) in [6.07, 6.45) is 0. The minimum Gasteiger partial charge on any atom is -0.480 e. The Morgan fingerprint density at radius 1 is 1.67 bits per heavy atom. The first kappa shape index (κ1) is 8.73. The maximum Gasteiger partial charge on any atom is 0.267 e. The maximum absolute atomic E-state index is 11.0. The molecule has 0 amide bonds. The second-order valence-electron chi connectivity index (χ2n) is 2.16. The summed E-state index contributed by atoms with van der Waals surface area (Å²) in [6.45, 7) is 0.0795. The molecule has 0 saturated carbocycles. The zero-order valence-corrected chi connectivity index (χ0v) is 6.73. The first-order chi connectivity index (χ1) is 5.77. The van der Waals surface area contributed by atoms with Gasteiger partial charge >= 0.3 is 0 Å². The highest BCUT2D eigenvalue weighted by molar-refractivity contribution is 5.05. The molecule has 1 aromatic heterocycles. The lowest BCUT2D eigenvalue weighted by Gasteiger charge is -2.02. The Morgan fingerprint density at radius 2 is 2.42 bits per heavy atom. The van der Waals surface area contributed by atoms with Crippen molar-refractivity contribution in [2.45, 2.75) is 6.54 Å². The highest BCUT2D eigenvalue weighted by Gasteiger charge is 1.98. The molecule has 66 valence electrons. The van der Waals surface area contributed by atoms with Gasteiger partial charge in [0.2, 0.25) is 5.88 Å². The molecular formula is C7H10N2O3. The van der Waals surface area contributed by atoms with Gasteiger partial charge in [0.15, 0.2) is 0 Å². The molecule has 12 heavy (non-hydrogen) atoms. The molecule has 0 bridgehead atoms. The van der Waals surface area contributed by atoms with Crippen LogP contribution in [0.4, 0.5) is 0 Å². The Kier molecular flexibility index (Phi) is 2.82. The van der Waals surface area contributed by atoms with Crippen molar-refractivity contribution >= 4 is 0 Å². The Hall–Kier alpha value is -1.36. The summed E-state index contributed by atoms with van der Waals surface area (Å²) in [7, 11) is 1.47. The summed E-state index contributed by atoms with van der Waals surface area (Å²) in [4.78, 5) is 11.0. The van der Waals surface area contributed by atoms with Crippen LogP contribution in [-0.4, -0.2) is 28.6 Å². The summed E-state index contributed by atoms with van der Waals surface area (Å²) in [5.74, 6) is 0.364. The van der Waals surface area contributed by atoms with Gasteiger partial charge in [0.05, 0.1) is 20.3 Å². The van der Waals surface area contributed by atoms with E-state index in [1.807, 2.05) is 0 Å². The molecule has 0 atom stereocenters. The molecule has 5 heteroatoms. The van der Waals surface area contributed by atoms with Crippen LogP contribution in [0.5, 0.6) is 5.88 Å². The molecule has 1 aromatic rings. The number of methoxy groups -OCH3 is 1. The van der Waals surface area contributed by atoms with Crippen LogP contribution in [0.25, 0.3) is 0 Å². The lowest BCUT2D eigenvalue weighted by molar-refractivity contribution is 0.262. The van der Waals surface area contributed by atoms with Crippen LogP contribution in [0.3, 0.4) is 0 Å². The van der Waals surface area contributed by atoms with E-state index in [2.05, 4.69) is 5.10 Å². The molecule has 0 fully saturated rings. The zero-order chi connectivity index (χ0) is 8.97. The van der Waals surface area contributed by atoms with Crippen molar-refractivity contribution in [3.05, 3.63) is 22.5 Å². The van der Waals surface area contributed by atoms with Gasteiger partial charge < -0.3 is 9.84 Å². The average molecular weight is 170 g/mol. The van der Waals surface area contributed by atoms with E-state index in [0.717, 1.165) is 4.68 Å². The third-order valence-corrected chi connectivity index (χ3v) is 1.36. The molecule has 0 aliphatic carbocycles. The smallest absolute Gasteiger partial charge is 0.267 e. The van der Waals surface area contributed by atoms with Gasteiger partial charge in [0.1, 0.15) is 0 Å². The normalized spacial score (nSPS) is 9.83. The van der Waals surface area contributed by atoms with Crippen molar-refractivity contribution in [1.82, 2.24) is 9.78 Å². The van der Waals surface area contributed by atoms with Crippen LogP contribution in [0.15, 0.2) is 16.9 Å². The largest absolute Gasteiger partial charge is 0.480 e. The highest BCUT2D eigenvalue weighted by atomic mass is 16.5. The van der Waals surface area contributed by atoms with Crippen LogP contribution >= 0.6 is 0 Å². The van der Waals surface area contributed by atoms with Gasteiger partial charge in [-0.25, -0.2) is 4.68 Å². The summed E-state index contributed by atoms with van der Waals surface area (Å²) in [6, 6.07) is 2.83. The predicted molar refractivity (Wildman–Crippen MR) is 42.1 cm³/mol. The molecule has 1 N–H and O–H groups in total. The predicted octanol–water partition coefficient (Wildman–Crippen LogP) is -0.756. The molecule has 0 saturated heterocycles. The number of rotatable bonds is 3. The number of aromatic nitrogens is 2. The minimum absolute atomic E-state index is 0.111. The SMILES string of the molecule is COc1ccc(=O)n(CCO)n1. The molecule has 5 nitrogen and oxygen atoms in total. The topological polar surface area (TPSA) is 64.3 Å². The summed E-state index contributed by atoms with van der Waals surface area (Å²) in [5, 5.41) is 12.4. The van der Waals surface area contributed by atoms with Crippen molar-refractivity contribution < 1.29 is 9.84 Å². The highest BCUT2D eigenvalue weighted by Crippen LogP contribution is 1.98. The number of hydrogen-bond acceptors (Lipinski definition) is 4. The van der Waals surface area contributed by atoms with Crippen molar-refractivity contribution in [1.29, 1.82) is 0 Å². The van der Waals surface area contributed by atoms with Crippen molar-refractivity contribution in [2.24, 2.45) is 0 Å². The fourth-order valence-corrected chi connectivity index (χ4v) is 0.794. The fraction of sp³-hybridized carbons (Fsp3) is 0.429. The third kappa shape index (κ3) is 1.82. The fourth-order valence-electron chi connectivity index (χ4n) is 0.794. The zero-order valence-electron chi connectivity index (χ0n) is 6.73. The molecule has 0 aromatic carbocycles.